The van der Waals surface area contributed by atoms with Crippen molar-refractivity contribution in [2.75, 3.05) is 44.6 Å². The van der Waals surface area contributed by atoms with Crippen LogP contribution in [0.15, 0.2) is 29.3 Å². The zero-order valence-corrected chi connectivity index (χ0v) is 17.8. The van der Waals surface area contributed by atoms with Gasteiger partial charge >= 0.3 is 0 Å². The Morgan fingerprint density at radius 3 is 2.44 bits per heavy atom. The molecule has 150 valence electrons. The number of anilines is 1. The Bertz CT molecular complexity index is 632. The zero-order chi connectivity index (χ0) is 18.8. The van der Waals surface area contributed by atoms with Gasteiger partial charge in [0.15, 0.2) is 5.96 Å². The number of non-ortho nitro benzene ring substituents is 1. The van der Waals surface area contributed by atoms with Crippen LogP contribution in [0.1, 0.15) is 19.8 Å². The lowest BCUT2D eigenvalue weighted by Gasteiger charge is -2.15. The average Bonchev–Trinajstić information content (AvgIpc) is 3.18. The van der Waals surface area contributed by atoms with Crippen molar-refractivity contribution in [3.05, 3.63) is 34.4 Å². The maximum Gasteiger partial charge on any atom is 0.269 e. The first kappa shape index (κ1) is 22.9. The standard InChI is InChI=1S/C17H26N6O3.HI/c1-2-18-17(21-13-16(24)22-11-3-4-12-22)20-10-9-19-14-5-7-15(8-6-14)23(25)26;/h5-8,19H,2-4,9-13H2,1H3,(H2,18,20,21);1H. The Balaban J connectivity index is 0.00000364. The molecule has 0 aromatic heterocycles. The van der Waals surface area contributed by atoms with Gasteiger partial charge in [-0.15, -0.1) is 24.0 Å². The van der Waals surface area contributed by atoms with Crippen LogP contribution in [0.3, 0.4) is 0 Å². The maximum atomic E-state index is 12.0. The second-order valence-electron chi connectivity index (χ2n) is 5.94. The lowest BCUT2D eigenvalue weighted by molar-refractivity contribution is -0.384. The van der Waals surface area contributed by atoms with Gasteiger partial charge in [0, 0.05) is 50.5 Å². The second-order valence-corrected chi connectivity index (χ2v) is 5.94. The molecule has 10 heteroatoms. The molecular formula is C17H27IN6O3. The number of guanidine groups is 1. The molecule has 0 spiro atoms. The molecule has 2 rings (SSSR count). The fourth-order valence-electron chi connectivity index (χ4n) is 2.64. The highest BCUT2D eigenvalue weighted by Gasteiger charge is 2.17. The van der Waals surface area contributed by atoms with Gasteiger partial charge in [-0.3, -0.25) is 14.9 Å². The van der Waals surface area contributed by atoms with Crippen LogP contribution < -0.4 is 16.0 Å². The van der Waals surface area contributed by atoms with E-state index in [1.165, 1.54) is 12.1 Å². The van der Waals surface area contributed by atoms with E-state index in [9.17, 15) is 14.9 Å². The number of nitrogens with zero attached hydrogens (tertiary/aromatic N) is 3. The highest BCUT2D eigenvalue weighted by molar-refractivity contribution is 14.0. The third-order valence-electron chi connectivity index (χ3n) is 4.00. The quantitative estimate of drug-likeness (QED) is 0.128. The number of nitro benzene ring substituents is 1. The molecule has 0 saturated carbocycles. The Hall–Kier alpha value is -2.11. The molecule has 1 amide bonds. The summed E-state index contributed by atoms with van der Waals surface area (Å²) < 4.78 is 0. The molecule has 0 unspecified atom stereocenters. The summed E-state index contributed by atoms with van der Waals surface area (Å²) in [6.45, 7) is 5.69. The predicted octanol–water partition coefficient (Wildman–Crippen LogP) is 1.80. The highest BCUT2D eigenvalue weighted by Crippen LogP contribution is 2.14. The smallest absolute Gasteiger partial charge is 0.269 e. The second kappa shape index (κ2) is 12.3. The van der Waals surface area contributed by atoms with Gasteiger partial charge in [0.1, 0.15) is 6.54 Å². The van der Waals surface area contributed by atoms with Gasteiger partial charge in [-0.1, -0.05) is 0 Å². The first-order chi connectivity index (χ1) is 12.6. The summed E-state index contributed by atoms with van der Waals surface area (Å²) in [5.74, 6) is 0.661. The summed E-state index contributed by atoms with van der Waals surface area (Å²) in [5, 5.41) is 20.1. The molecule has 3 N–H and O–H groups in total. The molecular weight excluding hydrogens is 463 g/mol. The van der Waals surface area contributed by atoms with Crippen molar-refractivity contribution < 1.29 is 9.72 Å². The van der Waals surface area contributed by atoms with E-state index in [1.54, 1.807) is 12.1 Å². The van der Waals surface area contributed by atoms with Crippen molar-refractivity contribution in [2.24, 2.45) is 4.99 Å². The monoisotopic (exact) mass is 490 g/mol. The lowest BCUT2D eigenvalue weighted by Crippen LogP contribution is -2.40. The normalized spacial score (nSPS) is 13.7. The molecule has 27 heavy (non-hydrogen) atoms. The summed E-state index contributed by atoms with van der Waals surface area (Å²) >= 11 is 0. The lowest BCUT2D eigenvalue weighted by atomic mass is 10.3. The molecule has 0 radical (unpaired) electrons. The van der Waals surface area contributed by atoms with Gasteiger partial charge in [-0.25, -0.2) is 4.99 Å². The van der Waals surface area contributed by atoms with Crippen LogP contribution in [0, 0.1) is 10.1 Å². The Kier molecular flexibility index (Phi) is 10.5. The van der Waals surface area contributed by atoms with Crippen LogP contribution in [0.25, 0.3) is 0 Å². The molecule has 1 heterocycles. The van der Waals surface area contributed by atoms with E-state index in [2.05, 4.69) is 20.9 Å². The van der Waals surface area contributed by atoms with Gasteiger partial charge in [0.2, 0.25) is 5.91 Å². The van der Waals surface area contributed by atoms with Crippen molar-refractivity contribution in [2.45, 2.75) is 19.8 Å². The largest absolute Gasteiger partial charge is 0.383 e. The number of likely N-dealkylation sites (tertiary alicyclic amines) is 1. The van der Waals surface area contributed by atoms with Crippen LogP contribution in [0.5, 0.6) is 0 Å². The van der Waals surface area contributed by atoms with Crippen molar-refractivity contribution in [1.82, 2.24) is 15.5 Å². The maximum absolute atomic E-state index is 12.0. The van der Waals surface area contributed by atoms with Gasteiger partial charge in [0.05, 0.1) is 4.92 Å². The van der Waals surface area contributed by atoms with E-state index in [0.717, 1.165) is 31.6 Å². The number of rotatable bonds is 8. The molecule has 1 aliphatic rings. The van der Waals surface area contributed by atoms with Crippen molar-refractivity contribution >= 4 is 47.2 Å². The van der Waals surface area contributed by atoms with Crippen LogP contribution in [0.4, 0.5) is 11.4 Å². The molecule has 0 atom stereocenters. The van der Waals surface area contributed by atoms with E-state index < -0.39 is 4.92 Å². The number of nitro groups is 1. The Morgan fingerprint density at radius 1 is 1.19 bits per heavy atom. The van der Waals surface area contributed by atoms with Crippen LogP contribution >= 0.6 is 24.0 Å². The number of hydrogen-bond acceptors (Lipinski definition) is 5. The van der Waals surface area contributed by atoms with Crippen LogP contribution in [-0.2, 0) is 4.79 Å². The minimum Gasteiger partial charge on any atom is -0.383 e. The Morgan fingerprint density at radius 2 is 1.85 bits per heavy atom. The molecule has 9 nitrogen and oxygen atoms in total. The van der Waals surface area contributed by atoms with E-state index in [-0.39, 0.29) is 42.1 Å². The molecule has 1 aromatic rings. The van der Waals surface area contributed by atoms with Gasteiger partial charge in [0.25, 0.3) is 5.69 Å². The molecule has 0 bridgehead atoms. The van der Waals surface area contributed by atoms with Gasteiger partial charge < -0.3 is 20.9 Å². The summed E-state index contributed by atoms with van der Waals surface area (Å²) in [4.78, 5) is 28.4. The SMILES string of the molecule is CCNC(=NCC(=O)N1CCCC1)NCCNc1ccc([N+](=O)[O-])cc1.I. The van der Waals surface area contributed by atoms with Crippen molar-refractivity contribution in [1.29, 1.82) is 0 Å². The number of amides is 1. The van der Waals surface area contributed by atoms with E-state index >= 15 is 0 Å². The van der Waals surface area contributed by atoms with E-state index in [1.807, 2.05) is 11.8 Å². The summed E-state index contributed by atoms with van der Waals surface area (Å²) in [6, 6.07) is 6.27. The predicted molar refractivity (Wildman–Crippen MR) is 117 cm³/mol. The molecule has 0 aliphatic carbocycles. The molecule has 1 saturated heterocycles. The number of aliphatic imine (C=N–C) groups is 1. The number of carbonyl (C=O) groups is 1. The fraction of sp³-hybridized carbons (Fsp3) is 0.529. The van der Waals surface area contributed by atoms with E-state index in [4.69, 9.17) is 0 Å². The van der Waals surface area contributed by atoms with Crippen LogP contribution in [0.2, 0.25) is 0 Å². The first-order valence-corrected chi connectivity index (χ1v) is 8.88. The fourth-order valence-corrected chi connectivity index (χ4v) is 2.64. The molecule has 1 aliphatic heterocycles. The zero-order valence-electron chi connectivity index (χ0n) is 15.4. The summed E-state index contributed by atoms with van der Waals surface area (Å²) in [5.41, 5.74) is 0.876. The minimum absolute atomic E-state index is 0. The minimum atomic E-state index is -0.423. The number of nitrogens with one attached hydrogen (secondary N) is 3. The summed E-state index contributed by atoms with van der Waals surface area (Å²) in [7, 11) is 0. The highest BCUT2D eigenvalue weighted by atomic mass is 127. The Labute approximate surface area is 176 Å². The average molecular weight is 490 g/mol. The number of benzene rings is 1. The topological polar surface area (TPSA) is 112 Å². The summed E-state index contributed by atoms with van der Waals surface area (Å²) in [6.07, 6.45) is 2.14. The van der Waals surface area contributed by atoms with Crippen molar-refractivity contribution in [3.63, 3.8) is 0 Å². The third-order valence-corrected chi connectivity index (χ3v) is 4.00. The first-order valence-electron chi connectivity index (χ1n) is 8.88. The number of halogens is 1. The van der Waals surface area contributed by atoms with Crippen molar-refractivity contribution in [3.8, 4) is 0 Å². The third kappa shape index (κ3) is 7.97. The van der Waals surface area contributed by atoms with E-state index in [0.29, 0.717) is 25.6 Å². The molecule has 1 fully saturated rings. The van der Waals surface area contributed by atoms with Crippen LogP contribution in [-0.4, -0.2) is 61.0 Å². The molecule has 1 aromatic carbocycles. The number of carbonyl (C=O) groups excluding carboxylic acids is 1. The number of hydrogen-bond donors (Lipinski definition) is 3. The van der Waals surface area contributed by atoms with Gasteiger partial charge in [-0.05, 0) is 31.9 Å². The van der Waals surface area contributed by atoms with Gasteiger partial charge in [-0.2, -0.15) is 0 Å².